The lowest BCUT2D eigenvalue weighted by Gasteiger charge is -2.06. The Labute approximate surface area is 114 Å². The number of nitrogens with one attached hydrogen (secondary N) is 1. The van der Waals surface area contributed by atoms with Crippen LogP contribution in [-0.2, 0) is 19.6 Å². The van der Waals surface area contributed by atoms with Crippen LogP contribution in [-0.4, -0.2) is 19.6 Å². The van der Waals surface area contributed by atoms with Gasteiger partial charge in [-0.25, -0.2) is 0 Å². The van der Waals surface area contributed by atoms with Crippen LogP contribution in [0, 0.1) is 6.92 Å². The molecule has 0 amide bonds. The van der Waals surface area contributed by atoms with Crippen molar-refractivity contribution < 1.29 is 0 Å². The maximum absolute atomic E-state index is 4.50. The molecule has 0 radical (unpaired) electrons. The fourth-order valence-corrected chi connectivity index (χ4v) is 2.14. The van der Waals surface area contributed by atoms with Gasteiger partial charge in [-0.1, -0.05) is 13.8 Å². The number of aromatic nitrogens is 4. The summed E-state index contributed by atoms with van der Waals surface area (Å²) in [5.74, 6) is 0.926. The van der Waals surface area contributed by atoms with E-state index in [-0.39, 0.29) is 0 Å². The van der Waals surface area contributed by atoms with Crippen molar-refractivity contribution in [2.24, 2.45) is 0 Å². The van der Waals surface area contributed by atoms with Crippen LogP contribution in [0.4, 0.5) is 5.82 Å². The lowest BCUT2D eigenvalue weighted by Crippen LogP contribution is -2.09. The van der Waals surface area contributed by atoms with Crippen molar-refractivity contribution in [2.75, 3.05) is 5.32 Å². The molecule has 0 unspecified atom stereocenters. The molecule has 5 nitrogen and oxygen atoms in total. The number of rotatable bonds is 7. The van der Waals surface area contributed by atoms with Crippen molar-refractivity contribution in [2.45, 2.75) is 53.2 Å². The highest BCUT2D eigenvalue weighted by Gasteiger charge is 2.05. The van der Waals surface area contributed by atoms with E-state index in [1.807, 2.05) is 23.9 Å². The molecule has 19 heavy (non-hydrogen) atoms. The first-order chi connectivity index (χ1) is 9.22. The highest BCUT2D eigenvalue weighted by molar-refractivity contribution is 5.33. The van der Waals surface area contributed by atoms with Crippen LogP contribution in [0.2, 0.25) is 0 Å². The molecular weight excluding hydrogens is 238 g/mol. The second kappa shape index (κ2) is 6.41. The predicted molar refractivity (Wildman–Crippen MR) is 77.1 cm³/mol. The van der Waals surface area contributed by atoms with Gasteiger partial charge in [0.1, 0.15) is 5.82 Å². The Morgan fingerprint density at radius 2 is 1.95 bits per heavy atom. The van der Waals surface area contributed by atoms with Crippen LogP contribution < -0.4 is 5.32 Å². The minimum Gasteiger partial charge on any atom is -0.363 e. The number of hydrogen-bond donors (Lipinski definition) is 1. The first-order valence-electron chi connectivity index (χ1n) is 7.03. The van der Waals surface area contributed by atoms with E-state index in [2.05, 4.69) is 40.1 Å². The zero-order chi connectivity index (χ0) is 13.7. The van der Waals surface area contributed by atoms with E-state index in [4.69, 9.17) is 0 Å². The summed E-state index contributed by atoms with van der Waals surface area (Å²) in [6.45, 7) is 9.06. The van der Waals surface area contributed by atoms with Gasteiger partial charge in [-0.15, -0.1) is 0 Å². The highest BCUT2D eigenvalue weighted by Crippen LogP contribution is 2.09. The largest absolute Gasteiger partial charge is 0.363 e. The van der Waals surface area contributed by atoms with Gasteiger partial charge in [0.15, 0.2) is 0 Å². The second-order valence-corrected chi connectivity index (χ2v) is 4.82. The molecule has 2 aromatic heterocycles. The zero-order valence-electron chi connectivity index (χ0n) is 12.1. The normalized spacial score (nSPS) is 10.9. The van der Waals surface area contributed by atoms with E-state index in [0.717, 1.165) is 44.0 Å². The van der Waals surface area contributed by atoms with Gasteiger partial charge in [0, 0.05) is 25.4 Å². The van der Waals surface area contributed by atoms with E-state index >= 15 is 0 Å². The van der Waals surface area contributed by atoms with Crippen molar-refractivity contribution >= 4 is 5.82 Å². The third-order valence-electron chi connectivity index (χ3n) is 2.96. The molecule has 0 aromatic carbocycles. The van der Waals surface area contributed by atoms with Crippen LogP contribution in [0.25, 0.3) is 0 Å². The molecule has 0 spiro atoms. The molecule has 0 aliphatic rings. The average molecular weight is 261 g/mol. The minimum absolute atomic E-state index is 0.768. The summed E-state index contributed by atoms with van der Waals surface area (Å²) in [5.41, 5.74) is 2.28. The molecule has 2 aromatic rings. The molecule has 0 aliphatic heterocycles. The standard InChI is InChI=1S/C14H23N5/c1-4-7-18-9-6-14(17-18)15-11-13-10-12(3)16-19(13)8-5-2/h6,9-10H,4-5,7-8,11H2,1-3H3,(H,15,17). The topological polar surface area (TPSA) is 47.7 Å². The molecule has 0 atom stereocenters. The Balaban J connectivity index is 1.97. The number of aryl methyl sites for hydroxylation is 3. The van der Waals surface area contributed by atoms with Gasteiger partial charge in [0.05, 0.1) is 17.9 Å². The summed E-state index contributed by atoms with van der Waals surface area (Å²) >= 11 is 0. The van der Waals surface area contributed by atoms with Gasteiger partial charge in [-0.05, 0) is 25.8 Å². The Bertz CT molecular complexity index is 512. The summed E-state index contributed by atoms with van der Waals surface area (Å²) in [6, 6.07) is 4.15. The molecule has 0 fully saturated rings. The lowest BCUT2D eigenvalue weighted by molar-refractivity contribution is 0.573. The van der Waals surface area contributed by atoms with Gasteiger partial charge in [0.2, 0.25) is 0 Å². The second-order valence-electron chi connectivity index (χ2n) is 4.82. The molecule has 5 heteroatoms. The molecule has 104 valence electrons. The van der Waals surface area contributed by atoms with Gasteiger partial charge < -0.3 is 5.32 Å². The van der Waals surface area contributed by atoms with Crippen LogP contribution in [0.5, 0.6) is 0 Å². The molecule has 1 N–H and O–H groups in total. The Kier molecular flexibility index (Phi) is 4.60. The van der Waals surface area contributed by atoms with E-state index in [1.165, 1.54) is 5.69 Å². The van der Waals surface area contributed by atoms with Gasteiger partial charge in [0.25, 0.3) is 0 Å². The maximum Gasteiger partial charge on any atom is 0.148 e. The molecule has 0 bridgehead atoms. The third kappa shape index (κ3) is 3.59. The van der Waals surface area contributed by atoms with E-state index in [1.54, 1.807) is 0 Å². The van der Waals surface area contributed by atoms with E-state index in [9.17, 15) is 0 Å². The average Bonchev–Trinajstić information content (AvgIpc) is 2.95. The maximum atomic E-state index is 4.50. The van der Waals surface area contributed by atoms with Gasteiger partial charge >= 0.3 is 0 Å². The molecule has 2 heterocycles. The van der Waals surface area contributed by atoms with Gasteiger partial charge in [-0.3, -0.25) is 9.36 Å². The Hall–Kier alpha value is -1.78. The van der Waals surface area contributed by atoms with Crippen molar-refractivity contribution in [3.8, 4) is 0 Å². The predicted octanol–water partition coefficient (Wildman–Crippen LogP) is 2.82. The fraction of sp³-hybridized carbons (Fsp3) is 0.571. The van der Waals surface area contributed by atoms with E-state index < -0.39 is 0 Å². The minimum atomic E-state index is 0.768. The van der Waals surface area contributed by atoms with Crippen LogP contribution in [0.3, 0.4) is 0 Å². The fourth-order valence-electron chi connectivity index (χ4n) is 2.14. The summed E-state index contributed by atoms with van der Waals surface area (Å²) in [7, 11) is 0. The molecule has 0 saturated heterocycles. The molecule has 2 rings (SSSR count). The van der Waals surface area contributed by atoms with Crippen LogP contribution >= 0.6 is 0 Å². The van der Waals surface area contributed by atoms with Crippen molar-refractivity contribution in [1.29, 1.82) is 0 Å². The first kappa shape index (κ1) is 13.6. The third-order valence-corrected chi connectivity index (χ3v) is 2.96. The highest BCUT2D eigenvalue weighted by atomic mass is 15.3. The number of nitrogens with zero attached hydrogens (tertiary/aromatic N) is 4. The Morgan fingerprint density at radius 1 is 1.16 bits per heavy atom. The summed E-state index contributed by atoms with van der Waals surface area (Å²) in [6.07, 6.45) is 4.21. The number of hydrogen-bond acceptors (Lipinski definition) is 3. The van der Waals surface area contributed by atoms with Crippen molar-refractivity contribution in [3.63, 3.8) is 0 Å². The lowest BCUT2D eigenvalue weighted by atomic mass is 10.3. The smallest absolute Gasteiger partial charge is 0.148 e. The molecular formula is C14H23N5. The van der Waals surface area contributed by atoms with Crippen molar-refractivity contribution in [1.82, 2.24) is 19.6 Å². The van der Waals surface area contributed by atoms with Crippen LogP contribution in [0.1, 0.15) is 38.1 Å². The van der Waals surface area contributed by atoms with Crippen LogP contribution in [0.15, 0.2) is 18.3 Å². The zero-order valence-corrected chi connectivity index (χ0v) is 12.1. The van der Waals surface area contributed by atoms with E-state index in [0.29, 0.717) is 0 Å². The van der Waals surface area contributed by atoms with Crippen molar-refractivity contribution in [3.05, 3.63) is 29.7 Å². The van der Waals surface area contributed by atoms with Gasteiger partial charge in [-0.2, -0.15) is 10.2 Å². The summed E-state index contributed by atoms with van der Waals surface area (Å²) in [5, 5.41) is 12.3. The Morgan fingerprint density at radius 3 is 2.68 bits per heavy atom. The number of anilines is 1. The molecule has 0 saturated carbocycles. The summed E-state index contributed by atoms with van der Waals surface area (Å²) in [4.78, 5) is 0. The monoisotopic (exact) mass is 261 g/mol. The molecule has 0 aliphatic carbocycles. The summed E-state index contributed by atoms with van der Waals surface area (Å²) < 4.78 is 4.04. The quantitative estimate of drug-likeness (QED) is 0.833. The SMILES string of the molecule is CCCn1ccc(NCc2cc(C)nn2CCC)n1. The first-order valence-corrected chi connectivity index (χ1v) is 7.03.